The molecule has 4 nitrogen and oxygen atoms in total. The summed E-state index contributed by atoms with van der Waals surface area (Å²) >= 11 is 9.41. The van der Waals surface area contributed by atoms with Gasteiger partial charge in [-0.3, -0.25) is 5.32 Å². The Morgan fingerprint density at radius 3 is 2.50 bits per heavy atom. The molecule has 1 aromatic carbocycles. The van der Waals surface area contributed by atoms with Crippen LogP contribution in [0.3, 0.4) is 0 Å². The maximum Gasteiger partial charge on any atom is 0.412 e. The van der Waals surface area contributed by atoms with E-state index in [1.54, 1.807) is 32.9 Å². The Labute approximate surface area is 120 Å². The van der Waals surface area contributed by atoms with Gasteiger partial charge in [0.25, 0.3) is 0 Å². The molecule has 0 saturated heterocycles. The number of ether oxygens (including phenoxy) is 2. The fourth-order valence-corrected chi connectivity index (χ4v) is 2.04. The number of nitrogens with one attached hydrogen (secondary N) is 1. The molecule has 6 heteroatoms. The molecule has 1 N–H and O–H groups in total. The van der Waals surface area contributed by atoms with E-state index >= 15 is 0 Å². The van der Waals surface area contributed by atoms with Gasteiger partial charge in [0.1, 0.15) is 16.4 Å². The van der Waals surface area contributed by atoms with Gasteiger partial charge in [-0.25, -0.2) is 4.79 Å². The molecule has 100 valence electrons. The third-order valence-electron chi connectivity index (χ3n) is 1.90. The van der Waals surface area contributed by atoms with Crippen LogP contribution in [0.15, 0.2) is 16.6 Å². The topological polar surface area (TPSA) is 47.6 Å². The number of carbonyl (C=O) groups excluding carboxylic acids is 1. The van der Waals surface area contributed by atoms with Crippen molar-refractivity contribution in [2.24, 2.45) is 0 Å². The van der Waals surface area contributed by atoms with Crippen LogP contribution in [0, 0.1) is 0 Å². The fraction of sp³-hybridized carbons (Fsp3) is 0.417. The lowest BCUT2D eigenvalue weighted by molar-refractivity contribution is 0.0636. The van der Waals surface area contributed by atoms with Crippen molar-refractivity contribution in [2.75, 3.05) is 12.4 Å². The van der Waals surface area contributed by atoms with Gasteiger partial charge in [0.15, 0.2) is 0 Å². The number of hydrogen-bond acceptors (Lipinski definition) is 3. The third-order valence-corrected chi connectivity index (χ3v) is 2.94. The maximum absolute atomic E-state index is 11.7. The Hall–Kier alpha value is -0.940. The molecule has 0 aliphatic heterocycles. The lowest BCUT2D eigenvalue weighted by Crippen LogP contribution is -2.27. The summed E-state index contributed by atoms with van der Waals surface area (Å²) in [6.45, 7) is 5.36. The molecule has 0 heterocycles. The second kappa shape index (κ2) is 5.80. The molecule has 0 radical (unpaired) electrons. The van der Waals surface area contributed by atoms with Crippen LogP contribution in [-0.4, -0.2) is 18.8 Å². The average Bonchev–Trinajstić information content (AvgIpc) is 2.22. The molecule has 0 aliphatic carbocycles. The molecule has 1 rings (SSSR count). The van der Waals surface area contributed by atoms with Crippen LogP contribution < -0.4 is 10.1 Å². The second-order valence-electron chi connectivity index (χ2n) is 4.57. The lowest BCUT2D eigenvalue weighted by atomic mass is 10.2. The summed E-state index contributed by atoms with van der Waals surface area (Å²) in [5.74, 6) is 0.478. The van der Waals surface area contributed by atoms with Crippen molar-refractivity contribution in [2.45, 2.75) is 26.4 Å². The van der Waals surface area contributed by atoms with Crippen LogP contribution in [0.5, 0.6) is 5.75 Å². The Bertz CT molecular complexity index is 457. The first-order valence-electron chi connectivity index (χ1n) is 5.26. The Morgan fingerprint density at radius 2 is 2.00 bits per heavy atom. The fourth-order valence-electron chi connectivity index (χ4n) is 1.21. The Balaban J connectivity index is 2.94. The van der Waals surface area contributed by atoms with Gasteiger partial charge in [-0.15, -0.1) is 0 Å². The van der Waals surface area contributed by atoms with Crippen LogP contribution in [0.4, 0.5) is 10.5 Å². The standard InChI is InChI=1S/C12H15BrClNO3/c1-12(2,3)18-11(16)15-10-7(13)5-6-8(17-4)9(10)14/h5-6H,1-4H3,(H,15,16). The first-order valence-corrected chi connectivity index (χ1v) is 6.43. The smallest absolute Gasteiger partial charge is 0.412 e. The van der Waals surface area contributed by atoms with Crippen molar-refractivity contribution in [3.8, 4) is 5.75 Å². The minimum Gasteiger partial charge on any atom is -0.495 e. The van der Waals surface area contributed by atoms with Crippen molar-refractivity contribution in [1.29, 1.82) is 0 Å². The van der Waals surface area contributed by atoms with Gasteiger partial charge >= 0.3 is 6.09 Å². The van der Waals surface area contributed by atoms with Crippen LogP contribution in [0.25, 0.3) is 0 Å². The van der Waals surface area contributed by atoms with E-state index in [-0.39, 0.29) is 0 Å². The first kappa shape index (κ1) is 15.1. The Kier molecular flexibility index (Phi) is 4.87. The van der Waals surface area contributed by atoms with E-state index in [0.717, 1.165) is 0 Å². The number of anilines is 1. The summed E-state index contributed by atoms with van der Waals surface area (Å²) in [7, 11) is 1.51. The monoisotopic (exact) mass is 335 g/mol. The summed E-state index contributed by atoms with van der Waals surface area (Å²) in [6.07, 6.45) is -0.571. The molecule has 18 heavy (non-hydrogen) atoms. The maximum atomic E-state index is 11.7. The van der Waals surface area contributed by atoms with Crippen molar-refractivity contribution in [3.05, 3.63) is 21.6 Å². The summed E-state index contributed by atoms with van der Waals surface area (Å²) in [6, 6.07) is 3.43. The number of rotatable bonds is 2. The number of amides is 1. The van der Waals surface area contributed by atoms with Crippen molar-refractivity contribution >= 4 is 39.3 Å². The molecule has 1 amide bonds. The molecule has 0 fully saturated rings. The molecule has 0 bridgehead atoms. The zero-order valence-corrected chi connectivity index (χ0v) is 13.0. The Morgan fingerprint density at radius 1 is 1.39 bits per heavy atom. The van der Waals surface area contributed by atoms with E-state index in [9.17, 15) is 4.79 Å². The highest BCUT2D eigenvalue weighted by atomic mass is 79.9. The van der Waals surface area contributed by atoms with Gasteiger partial charge in [0, 0.05) is 4.47 Å². The van der Waals surface area contributed by atoms with Crippen molar-refractivity contribution in [3.63, 3.8) is 0 Å². The zero-order chi connectivity index (χ0) is 13.9. The van der Waals surface area contributed by atoms with Crippen LogP contribution in [0.2, 0.25) is 5.02 Å². The summed E-state index contributed by atoms with van der Waals surface area (Å²) in [4.78, 5) is 11.7. The number of benzene rings is 1. The highest BCUT2D eigenvalue weighted by molar-refractivity contribution is 9.10. The normalized spacial score (nSPS) is 11.0. The van der Waals surface area contributed by atoms with Gasteiger partial charge in [-0.1, -0.05) is 11.6 Å². The van der Waals surface area contributed by atoms with Gasteiger partial charge in [-0.05, 0) is 48.8 Å². The highest BCUT2D eigenvalue weighted by Crippen LogP contribution is 2.37. The average molecular weight is 337 g/mol. The first-order chi connectivity index (χ1) is 8.24. The lowest BCUT2D eigenvalue weighted by Gasteiger charge is -2.20. The number of halogens is 2. The van der Waals surface area contributed by atoms with Crippen LogP contribution >= 0.6 is 27.5 Å². The van der Waals surface area contributed by atoms with Gasteiger partial charge < -0.3 is 9.47 Å². The molecule has 0 saturated carbocycles. The predicted octanol–water partition coefficient (Wildman–Crippen LogP) is 4.46. The summed E-state index contributed by atoms with van der Waals surface area (Å²) in [5, 5.41) is 2.91. The number of carbonyl (C=O) groups is 1. The van der Waals surface area contributed by atoms with Gasteiger partial charge in [0.05, 0.1) is 12.8 Å². The molecule has 1 aromatic rings. The van der Waals surface area contributed by atoms with Crippen LogP contribution in [0.1, 0.15) is 20.8 Å². The predicted molar refractivity (Wildman–Crippen MR) is 75.6 cm³/mol. The van der Waals surface area contributed by atoms with E-state index in [1.165, 1.54) is 7.11 Å². The van der Waals surface area contributed by atoms with Crippen LogP contribution in [-0.2, 0) is 4.74 Å². The zero-order valence-electron chi connectivity index (χ0n) is 10.6. The van der Waals surface area contributed by atoms with Gasteiger partial charge in [0.2, 0.25) is 0 Å². The third kappa shape index (κ3) is 4.07. The van der Waals surface area contributed by atoms with E-state index in [4.69, 9.17) is 21.1 Å². The molecule has 0 aliphatic rings. The number of hydrogen-bond donors (Lipinski definition) is 1. The summed E-state index contributed by atoms with van der Waals surface area (Å²) in [5.41, 5.74) is -0.146. The molecular weight excluding hydrogens is 321 g/mol. The molecule has 0 spiro atoms. The second-order valence-corrected chi connectivity index (χ2v) is 5.80. The van der Waals surface area contributed by atoms with E-state index < -0.39 is 11.7 Å². The van der Waals surface area contributed by atoms with Gasteiger partial charge in [-0.2, -0.15) is 0 Å². The largest absolute Gasteiger partial charge is 0.495 e. The minimum atomic E-state index is -0.571. The van der Waals surface area contributed by atoms with Crippen molar-refractivity contribution < 1.29 is 14.3 Å². The number of methoxy groups -OCH3 is 1. The van der Waals surface area contributed by atoms with Crippen molar-refractivity contribution in [1.82, 2.24) is 0 Å². The van der Waals surface area contributed by atoms with E-state index in [1.807, 2.05) is 0 Å². The highest BCUT2D eigenvalue weighted by Gasteiger charge is 2.19. The van der Waals surface area contributed by atoms with E-state index in [2.05, 4.69) is 21.2 Å². The molecule has 0 aromatic heterocycles. The molecule has 0 atom stereocenters. The minimum absolute atomic E-state index is 0.317. The quantitative estimate of drug-likeness (QED) is 0.867. The molecule has 0 unspecified atom stereocenters. The molecular formula is C12H15BrClNO3. The SMILES string of the molecule is COc1ccc(Br)c(NC(=O)OC(C)(C)C)c1Cl. The van der Waals surface area contributed by atoms with E-state index in [0.29, 0.717) is 20.9 Å². The summed E-state index contributed by atoms with van der Waals surface area (Å²) < 4.78 is 10.9.